The third kappa shape index (κ3) is 20.7. The molecule has 0 aromatic rings. The standard InChI is InChI=1S/C27H49NO6/c1-2-3-4-5-6-7-8-9-10-11-12-13-14-15-16-17-18-19-20-21-28(22-25(29)30,23-26(31)32)24-27(33)34/h9-10H,2-8,11-24H2,1H3,(H2-,29,30,31,32,33,34)/b10-9+. The molecule has 0 unspecified atom stereocenters. The summed E-state index contributed by atoms with van der Waals surface area (Å²) < 4.78 is -0.500. The van der Waals surface area contributed by atoms with E-state index in [1.54, 1.807) is 0 Å². The lowest BCUT2D eigenvalue weighted by molar-refractivity contribution is -0.909. The maximum Gasteiger partial charge on any atom is 0.359 e. The normalized spacial score (nSPS) is 11.8. The number of quaternary nitrogens is 1. The van der Waals surface area contributed by atoms with Crippen LogP contribution in [0.5, 0.6) is 0 Å². The zero-order valence-corrected chi connectivity index (χ0v) is 21.5. The number of carbonyl (C=O) groups is 3. The molecule has 2 N–H and O–H groups in total. The zero-order valence-electron chi connectivity index (χ0n) is 21.5. The Morgan fingerprint density at radius 1 is 0.618 bits per heavy atom. The largest absolute Gasteiger partial charge is 0.544 e. The van der Waals surface area contributed by atoms with Gasteiger partial charge in [-0.3, -0.25) is 0 Å². The van der Waals surface area contributed by atoms with Crippen LogP contribution in [-0.4, -0.2) is 58.8 Å². The van der Waals surface area contributed by atoms with Crippen LogP contribution in [0, 0.1) is 0 Å². The Hall–Kier alpha value is -1.89. The van der Waals surface area contributed by atoms with E-state index < -0.39 is 42.0 Å². The maximum atomic E-state index is 11.2. The van der Waals surface area contributed by atoms with E-state index >= 15 is 0 Å². The molecule has 198 valence electrons. The van der Waals surface area contributed by atoms with Crippen molar-refractivity contribution in [1.29, 1.82) is 0 Å². The smallest absolute Gasteiger partial charge is 0.359 e. The molecule has 0 aliphatic carbocycles. The summed E-state index contributed by atoms with van der Waals surface area (Å²) in [4.78, 5) is 33.4. The van der Waals surface area contributed by atoms with Crippen molar-refractivity contribution in [2.45, 2.75) is 116 Å². The summed E-state index contributed by atoms with van der Waals surface area (Å²) in [5, 5.41) is 29.3. The van der Waals surface area contributed by atoms with Crippen LogP contribution < -0.4 is 5.11 Å². The van der Waals surface area contributed by atoms with E-state index in [2.05, 4.69) is 19.1 Å². The number of allylic oxidation sites excluding steroid dienone is 2. The van der Waals surface area contributed by atoms with Gasteiger partial charge < -0.3 is 24.6 Å². The van der Waals surface area contributed by atoms with E-state index in [1.807, 2.05) is 0 Å². The van der Waals surface area contributed by atoms with E-state index in [9.17, 15) is 19.5 Å². The molecule has 7 heteroatoms. The molecule has 0 saturated heterocycles. The minimum absolute atomic E-state index is 0.221. The minimum Gasteiger partial charge on any atom is -0.544 e. The molecule has 0 bridgehead atoms. The second kappa shape index (κ2) is 21.6. The molecule has 0 radical (unpaired) electrons. The van der Waals surface area contributed by atoms with Crippen molar-refractivity contribution in [3.63, 3.8) is 0 Å². The lowest BCUT2D eigenvalue weighted by Crippen LogP contribution is -2.59. The van der Waals surface area contributed by atoms with E-state index in [0.29, 0.717) is 6.42 Å². The summed E-state index contributed by atoms with van der Waals surface area (Å²) in [6.07, 6.45) is 24.8. The average Bonchev–Trinajstić information content (AvgIpc) is 2.73. The molecule has 0 heterocycles. The van der Waals surface area contributed by atoms with E-state index in [-0.39, 0.29) is 6.54 Å². The zero-order chi connectivity index (χ0) is 25.5. The molecule has 0 saturated carbocycles. The first-order chi connectivity index (χ1) is 16.3. The molecule has 0 spiro atoms. The van der Waals surface area contributed by atoms with Gasteiger partial charge in [-0.25, -0.2) is 9.59 Å². The van der Waals surface area contributed by atoms with Gasteiger partial charge >= 0.3 is 11.9 Å². The summed E-state index contributed by atoms with van der Waals surface area (Å²) >= 11 is 0. The molecule has 0 rings (SSSR count). The van der Waals surface area contributed by atoms with Gasteiger partial charge in [0.2, 0.25) is 0 Å². The van der Waals surface area contributed by atoms with Crippen molar-refractivity contribution in [2.24, 2.45) is 0 Å². The van der Waals surface area contributed by atoms with Crippen molar-refractivity contribution in [3.8, 4) is 0 Å². The number of unbranched alkanes of at least 4 members (excludes halogenated alkanes) is 15. The Morgan fingerprint density at radius 2 is 1.00 bits per heavy atom. The first kappa shape index (κ1) is 32.1. The fourth-order valence-corrected chi connectivity index (χ4v) is 4.48. The monoisotopic (exact) mass is 483 g/mol. The predicted molar refractivity (Wildman–Crippen MR) is 133 cm³/mol. The SMILES string of the molecule is CCCCCCCC/C=C/CCCCCCCCCCC[N+](CC(=O)[O-])(CC(=O)O)CC(=O)O. The molecule has 0 aromatic carbocycles. The lowest BCUT2D eigenvalue weighted by Gasteiger charge is -2.36. The van der Waals surface area contributed by atoms with Crippen molar-refractivity contribution in [2.75, 3.05) is 26.2 Å². The number of nitrogens with zero attached hydrogens (tertiary/aromatic N) is 1. The third-order valence-electron chi connectivity index (χ3n) is 6.30. The molecule has 0 atom stereocenters. The van der Waals surface area contributed by atoms with Crippen molar-refractivity contribution in [3.05, 3.63) is 12.2 Å². The molecular formula is C27H49NO6. The molecule has 0 aliphatic rings. The Labute approximate surface area is 206 Å². The minimum atomic E-state index is -1.42. The quantitative estimate of drug-likeness (QED) is 0.108. The fraction of sp³-hybridized carbons (Fsp3) is 0.815. The van der Waals surface area contributed by atoms with Crippen LogP contribution in [0.25, 0.3) is 0 Å². The molecule has 0 aliphatic heterocycles. The Balaban J connectivity index is 3.76. The van der Waals surface area contributed by atoms with Gasteiger partial charge in [-0.2, -0.15) is 0 Å². The van der Waals surface area contributed by atoms with Crippen LogP contribution in [0.4, 0.5) is 0 Å². The molecule has 7 nitrogen and oxygen atoms in total. The van der Waals surface area contributed by atoms with Crippen LogP contribution in [0.1, 0.15) is 116 Å². The van der Waals surface area contributed by atoms with Crippen molar-refractivity contribution in [1.82, 2.24) is 0 Å². The van der Waals surface area contributed by atoms with Gasteiger partial charge in [0.15, 0.2) is 13.1 Å². The summed E-state index contributed by atoms with van der Waals surface area (Å²) in [5.74, 6) is -3.82. The molecule has 0 fully saturated rings. The highest BCUT2D eigenvalue weighted by Gasteiger charge is 2.33. The second-order valence-electron chi connectivity index (χ2n) is 9.70. The highest BCUT2D eigenvalue weighted by Crippen LogP contribution is 2.14. The number of hydrogen-bond acceptors (Lipinski definition) is 4. The first-order valence-corrected chi connectivity index (χ1v) is 13.4. The molecular weight excluding hydrogens is 434 g/mol. The maximum absolute atomic E-state index is 11.2. The number of carbonyl (C=O) groups excluding carboxylic acids is 1. The lowest BCUT2D eigenvalue weighted by atomic mass is 10.1. The van der Waals surface area contributed by atoms with Gasteiger partial charge in [0.1, 0.15) is 6.54 Å². The Kier molecular flexibility index (Phi) is 20.4. The van der Waals surface area contributed by atoms with Gasteiger partial charge in [0.05, 0.1) is 12.5 Å². The second-order valence-corrected chi connectivity index (χ2v) is 9.70. The van der Waals surface area contributed by atoms with Gasteiger partial charge in [-0.05, 0) is 38.5 Å². The third-order valence-corrected chi connectivity index (χ3v) is 6.30. The van der Waals surface area contributed by atoms with E-state index in [0.717, 1.165) is 25.7 Å². The van der Waals surface area contributed by atoms with Crippen LogP contribution in [0.3, 0.4) is 0 Å². The van der Waals surface area contributed by atoms with Gasteiger partial charge in [-0.1, -0.05) is 89.7 Å². The summed E-state index contributed by atoms with van der Waals surface area (Å²) in [6, 6.07) is 0. The van der Waals surface area contributed by atoms with Crippen molar-refractivity contribution >= 4 is 17.9 Å². The van der Waals surface area contributed by atoms with Crippen LogP contribution in [-0.2, 0) is 14.4 Å². The van der Waals surface area contributed by atoms with Crippen LogP contribution >= 0.6 is 0 Å². The average molecular weight is 484 g/mol. The summed E-state index contributed by atoms with van der Waals surface area (Å²) in [6.45, 7) is 0.841. The molecule has 0 aromatic heterocycles. The highest BCUT2D eigenvalue weighted by atomic mass is 16.4. The topological polar surface area (TPSA) is 115 Å². The van der Waals surface area contributed by atoms with Crippen molar-refractivity contribution < 1.29 is 34.2 Å². The highest BCUT2D eigenvalue weighted by molar-refractivity contribution is 5.72. The molecule has 34 heavy (non-hydrogen) atoms. The number of carboxylic acid groups (broad SMARTS) is 3. The fourth-order valence-electron chi connectivity index (χ4n) is 4.48. The summed E-state index contributed by atoms with van der Waals surface area (Å²) in [5.41, 5.74) is 0. The Bertz CT molecular complexity index is 535. The van der Waals surface area contributed by atoms with Crippen LogP contribution in [0.2, 0.25) is 0 Å². The van der Waals surface area contributed by atoms with E-state index in [4.69, 9.17) is 10.2 Å². The van der Waals surface area contributed by atoms with Gasteiger partial charge in [-0.15, -0.1) is 0 Å². The Morgan fingerprint density at radius 3 is 1.38 bits per heavy atom. The number of rotatable bonds is 25. The van der Waals surface area contributed by atoms with Crippen LogP contribution in [0.15, 0.2) is 12.2 Å². The first-order valence-electron chi connectivity index (χ1n) is 13.4. The van der Waals surface area contributed by atoms with E-state index in [1.165, 1.54) is 77.0 Å². The number of carboxylic acids is 3. The van der Waals surface area contributed by atoms with Gasteiger partial charge in [0.25, 0.3) is 0 Å². The van der Waals surface area contributed by atoms with Gasteiger partial charge in [0, 0.05) is 0 Å². The molecule has 0 amide bonds. The number of aliphatic carboxylic acids is 3. The summed E-state index contributed by atoms with van der Waals surface area (Å²) in [7, 11) is 0. The predicted octanol–water partition coefficient (Wildman–Crippen LogP) is 4.93. The number of hydrogen-bond donors (Lipinski definition) is 2.